The van der Waals surface area contributed by atoms with Crippen LogP contribution in [-0.2, 0) is 16.1 Å². The number of carbonyl (C=O) groups is 2. The minimum absolute atomic E-state index is 0.284. The van der Waals surface area contributed by atoms with Crippen LogP contribution in [0.5, 0.6) is 0 Å². The fraction of sp³-hybridized carbons (Fsp3) is 0.222. The maximum absolute atomic E-state index is 11.0. The lowest BCUT2D eigenvalue weighted by Gasteiger charge is -2.02. The van der Waals surface area contributed by atoms with E-state index in [1.807, 2.05) is 0 Å². The molecule has 0 aromatic carbocycles. The Balaban J connectivity index is 2.59. The summed E-state index contributed by atoms with van der Waals surface area (Å²) in [6, 6.07) is 0. The van der Waals surface area contributed by atoms with Crippen molar-refractivity contribution in [3.8, 4) is 0 Å². The summed E-state index contributed by atoms with van der Waals surface area (Å²) in [5.74, 6) is -1.03. The summed E-state index contributed by atoms with van der Waals surface area (Å²) in [6.07, 6.45) is 1.24. The average molecular weight is 314 g/mol. The summed E-state index contributed by atoms with van der Waals surface area (Å²) in [7, 11) is 0. The predicted octanol–water partition coefficient (Wildman–Crippen LogP) is 0.632. The van der Waals surface area contributed by atoms with Gasteiger partial charge >= 0.3 is 5.97 Å². The third-order valence-electron chi connectivity index (χ3n) is 2.07. The number of fused-ring (bicyclic) bond motifs is 1. The van der Waals surface area contributed by atoms with E-state index in [0.29, 0.717) is 15.6 Å². The van der Waals surface area contributed by atoms with E-state index in [1.165, 1.54) is 17.9 Å². The van der Waals surface area contributed by atoms with Gasteiger partial charge in [-0.3, -0.25) is 9.59 Å². The van der Waals surface area contributed by atoms with Crippen LogP contribution >= 0.6 is 15.9 Å². The van der Waals surface area contributed by atoms with Crippen molar-refractivity contribution in [1.29, 1.82) is 0 Å². The van der Waals surface area contributed by atoms with Crippen LogP contribution in [0.1, 0.15) is 6.92 Å². The molecule has 2 heterocycles. The molecule has 0 fully saturated rings. The van der Waals surface area contributed by atoms with Gasteiger partial charge in [0.2, 0.25) is 5.91 Å². The number of hydrogen-bond acceptors (Lipinski definition) is 5. The largest absolute Gasteiger partial charge is 0.480 e. The third-order valence-corrected chi connectivity index (χ3v) is 2.62. The van der Waals surface area contributed by atoms with Gasteiger partial charge < -0.3 is 10.4 Å². The van der Waals surface area contributed by atoms with Gasteiger partial charge in [-0.05, 0) is 15.9 Å². The molecule has 0 spiro atoms. The first-order chi connectivity index (χ1) is 8.49. The fourth-order valence-electron chi connectivity index (χ4n) is 1.47. The number of nitrogens with one attached hydrogen (secondary N) is 1. The number of amides is 1. The van der Waals surface area contributed by atoms with Crippen molar-refractivity contribution in [2.24, 2.45) is 0 Å². The number of carboxylic acid groups (broad SMARTS) is 1. The van der Waals surface area contributed by atoms with E-state index >= 15 is 0 Å². The van der Waals surface area contributed by atoms with Crippen LogP contribution in [0.15, 0.2) is 10.9 Å². The Bertz CT molecular complexity index is 638. The number of aliphatic carboxylic acids is 1. The second-order valence-corrected chi connectivity index (χ2v) is 4.20. The first-order valence-electron chi connectivity index (χ1n) is 4.85. The molecule has 0 bridgehead atoms. The number of aromatic nitrogens is 4. The van der Waals surface area contributed by atoms with Crippen LogP contribution in [0.4, 0.5) is 5.82 Å². The van der Waals surface area contributed by atoms with Gasteiger partial charge in [-0.1, -0.05) is 0 Å². The Kier molecular flexibility index (Phi) is 3.24. The molecule has 2 aromatic heterocycles. The monoisotopic (exact) mass is 313 g/mol. The molecule has 0 unspecified atom stereocenters. The first-order valence-corrected chi connectivity index (χ1v) is 5.64. The highest BCUT2D eigenvalue weighted by molar-refractivity contribution is 9.10. The first kappa shape index (κ1) is 12.4. The predicted molar refractivity (Wildman–Crippen MR) is 65.0 cm³/mol. The van der Waals surface area contributed by atoms with Crippen LogP contribution in [-0.4, -0.2) is 36.7 Å². The average Bonchev–Trinajstić information content (AvgIpc) is 2.55. The quantitative estimate of drug-likeness (QED) is 0.860. The zero-order chi connectivity index (χ0) is 13.3. The lowest BCUT2D eigenvalue weighted by Crippen LogP contribution is -2.11. The topological polar surface area (TPSA) is 110 Å². The van der Waals surface area contributed by atoms with E-state index in [2.05, 4.69) is 36.3 Å². The number of nitrogens with zero attached hydrogens (tertiary/aromatic N) is 4. The van der Waals surface area contributed by atoms with E-state index in [-0.39, 0.29) is 18.3 Å². The molecule has 0 radical (unpaired) electrons. The van der Waals surface area contributed by atoms with Crippen LogP contribution in [0.25, 0.3) is 11.0 Å². The van der Waals surface area contributed by atoms with E-state index < -0.39 is 5.97 Å². The van der Waals surface area contributed by atoms with Crippen LogP contribution in [0.2, 0.25) is 0 Å². The normalized spacial score (nSPS) is 10.6. The van der Waals surface area contributed by atoms with E-state index in [1.54, 1.807) is 0 Å². The lowest BCUT2D eigenvalue weighted by molar-refractivity contribution is -0.137. The second kappa shape index (κ2) is 4.69. The van der Waals surface area contributed by atoms with Gasteiger partial charge in [-0.25, -0.2) is 14.6 Å². The SMILES string of the molecule is CC(=O)Nc1ncnc2c1c(Br)nn2CC(=O)O. The van der Waals surface area contributed by atoms with Gasteiger partial charge in [-0.2, -0.15) is 5.10 Å². The van der Waals surface area contributed by atoms with Crippen molar-refractivity contribution >= 4 is 44.7 Å². The molecule has 1 amide bonds. The maximum Gasteiger partial charge on any atom is 0.325 e. The Morgan fingerprint density at radius 3 is 2.83 bits per heavy atom. The van der Waals surface area contributed by atoms with Gasteiger partial charge in [0.25, 0.3) is 0 Å². The van der Waals surface area contributed by atoms with Crippen molar-refractivity contribution in [3.63, 3.8) is 0 Å². The Morgan fingerprint density at radius 2 is 2.22 bits per heavy atom. The van der Waals surface area contributed by atoms with Crippen LogP contribution in [0, 0.1) is 0 Å². The van der Waals surface area contributed by atoms with Crippen molar-refractivity contribution < 1.29 is 14.7 Å². The molecular weight excluding hydrogens is 306 g/mol. The van der Waals surface area contributed by atoms with Crippen LogP contribution in [0.3, 0.4) is 0 Å². The summed E-state index contributed by atoms with van der Waals surface area (Å²) in [6.45, 7) is 1.03. The number of carbonyl (C=O) groups excluding carboxylic acids is 1. The number of carboxylic acids is 1. The zero-order valence-corrected chi connectivity index (χ0v) is 10.8. The zero-order valence-electron chi connectivity index (χ0n) is 9.21. The standard InChI is InChI=1S/C9H8BrN5O3/c1-4(16)13-8-6-7(10)14-15(2-5(17)18)9(6)12-3-11-8/h3H,2H2,1H3,(H,17,18)(H,11,12,13,16). The Labute approximate surface area is 109 Å². The number of rotatable bonds is 3. The lowest BCUT2D eigenvalue weighted by atomic mass is 10.4. The van der Waals surface area contributed by atoms with Crippen molar-refractivity contribution in [2.45, 2.75) is 13.5 Å². The molecular formula is C9H8BrN5O3. The molecule has 2 N–H and O–H groups in total. The molecule has 0 aliphatic rings. The highest BCUT2D eigenvalue weighted by Crippen LogP contribution is 2.27. The highest BCUT2D eigenvalue weighted by Gasteiger charge is 2.16. The van der Waals surface area contributed by atoms with Gasteiger partial charge in [0.1, 0.15) is 23.3 Å². The minimum atomic E-state index is -1.04. The summed E-state index contributed by atoms with van der Waals surface area (Å²) in [5, 5.41) is 15.8. The van der Waals surface area contributed by atoms with Crippen molar-refractivity contribution in [1.82, 2.24) is 19.7 Å². The third kappa shape index (κ3) is 2.30. The summed E-state index contributed by atoms with van der Waals surface area (Å²) in [5.41, 5.74) is 0.336. The molecule has 0 saturated heterocycles. The minimum Gasteiger partial charge on any atom is -0.480 e. The molecule has 94 valence electrons. The number of hydrogen-bond donors (Lipinski definition) is 2. The van der Waals surface area contributed by atoms with E-state index in [9.17, 15) is 9.59 Å². The molecule has 0 aliphatic carbocycles. The summed E-state index contributed by atoms with van der Waals surface area (Å²) < 4.78 is 1.59. The second-order valence-electron chi connectivity index (χ2n) is 3.44. The Hall–Kier alpha value is -2.03. The maximum atomic E-state index is 11.0. The van der Waals surface area contributed by atoms with Gasteiger partial charge in [-0.15, -0.1) is 0 Å². The van der Waals surface area contributed by atoms with Gasteiger partial charge in [0.15, 0.2) is 5.65 Å². The molecule has 8 nitrogen and oxygen atoms in total. The molecule has 0 saturated carbocycles. The fourth-order valence-corrected chi connectivity index (χ4v) is 2.02. The summed E-state index contributed by atoms with van der Waals surface area (Å²) in [4.78, 5) is 29.6. The molecule has 2 aromatic rings. The van der Waals surface area contributed by atoms with Crippen molar-refractivity contribution in [3.05, 3.63) is 10.9 Å². The highest BCUT2D eigenvalue weighted by atomic mass is 79.9. The van der Waals surface area contributed by atoms with Crippen molar-refractivity contribution in [2.75, 3.05) is 5.32 Å². The Morgan fingerprint density at radius 1 is 1.50 bits per heavy atom. The van der Waals surface area contributed by atoms with E-state index in [0.717, 1.165) is 0 Å². The molecule has 9 heteroatoms. The van der Waals surface area contributed by atoms with Crippen LogP contribution < -0.4 is 5.32 Å². The molecule has 18 heavy (non-hydrogen) atoms. The molecule has 0 atom stereocenters. The summed E-state index contributed by atoms with van der Waals surface area (Å²) >= 11 is 3.19. The molecule has 0 aliphatic heterocycles. The van der Waals surface area contributed by atoms with Gasteiger partial charge in [0.05, 0.1) is 5.39 Å². The number of anilines is 1. The molecule has 2 rings (SSSR count). The van der Waals surface area contributed by atoms with Gasteiger partial charge in [0, 0.05) is 6.92 Å². The van der Waals surface area contributed by atoms with E-state index in [4.69, 9.17) is 5.11 Å². The smallest absolute Gasteiger partial charge is 0.325 e. The number of halogens is 1.